The molecule has 0 unspecified atom stereocenters. The number of ketones is 1. The molecule has 1 aliphatic carbocycles. The van der Waals surface area contributed by atoms with E-state index >= 15 is 0 Å². The zero-order valence-corrected chi connectivity index (χ0v) is 13.0. The Bertz CT molecular complexity index is 308. The van der Waals surface area contributed by atoms with E-state index in [1.165, 1.54) is 6.42 Å². The van der Waals surface area contributed by atoms with Crippen LogP contribution in [-0.4, -0.2) is 81.3 Å². The Morgan fingerprint density at radius 1 is 0.810 bits per heavy atom. The molecule has 2 atom stereocenters. The lowest BCUT2D eigenvalue weighted by Gasteiger charge is -2.36. The van der Waals surface area contributed by atoms with Crippen molar-refractivity contribution in [2.75, 3.05) is 65.7 Å². The highest BCUT2D eigenvalue weighted by Gasteiger charge is 2.33. The van der Waals surface area contributed by atoms with Gasteiger partial charge in [-0.15, -0.1) is 0 Å². The van der Waals surface area contributed by atoms with E-state index in [1.807, 2.05) is 0 Å². The predicted octanol–water partition coefficient (Wildman–Crippen LogP) is 0.636. The highest BCUT2D eigenvalue weighted by atomic mass is 16.5. The largest absolute Gasteiger partial charge is 0.379 e. The molecule has 21 heavy (non-hydrogen) atoms. The highest BCUT2D eigenvalue weighted by Crippen LogP contribution is 2.27. The maximum Gasteiger partial charge on any atom is 0.141 e. The van der Waals surface area contributed by atoms with Crippen LogP contribution in [0.4, 0.5) is 0 Å². The summed E-state index contributed by atoms with van der Waals surface area (Å²) in [5, 5.41) is 0. The van der Waals surface area contributed by atoms with Gasteiger partial charge in [0.25, 0.3) is 0 Å². The molecule has 0 aromatic carbocycles. The van der Waals surface area contributed by atoms with Gasteiger partial charge in [-0.25, -0.2) is 0 Å². The van der Waals surface area contributed by atoms with Crippen LogP contribution in [0.15, 0.2) is 0 Å². The van der Waals surface area contributed by atoms with E-state index in [0.717, 1.165) is 78.5 Å². The number of morpholine rings is 2. The van der Waals surface area contributed by atoms with E-state index in [2.05, 4.69) is 9.80 Å². The van der Waals surface area contributed by atoms with Gasteiger partial charge in [-0.05, 0) is 12.8 Å². The number of hydrogen-bond donors (Lipinski definition) is 0. The van der Waals surface area contributed by atoms with Crippen LogP contribution in [0, 0.1) is 11.8 Å². The fourth-order valence-corrected chi connectivity index (χ4v) is 3.78. The third kappa shape index (κ3) is 4.25. The van der Waals surface area contributed by atoms with Crippen LogP contribution in [-0.2, 0) is 14.3 Å². The molecule has 120 valence electrons. The van der Waals surface area contributed by atoms with Gasteiger partial charge in [-0.1, -0.05) is 6.42 Å². The summed E-state index contributed by atoms with van der Waals surface area (Å²) in [6, 6.07) is 0. The number of nitrogens with zero attached hydrogens (tertiary/aromatic N) is 2. The Kier molecular flexibility index (Phi) is 5.63. The molecule has 0 aromatic heterocycles. The van der Waals surface area contributed by atoms with Gasteiger partial charge in [0, 0.05) is 51.1 Å². The van der Waals surface area contributed by atoms with Crippen molar-refractivity contribution in [1.82, 2.24) is 9.80 Å². The number of carbonyl (C=O) groups excluding carboxylic acids is 1. The minimum absolute atomic E-state index is 0.253. The minimum Gasteiger partial charge on any atom is -0.379 e. The molecule has 3 aliphatic rings. The van der Waals surface area contributed by atoms with Gasteiger partial charge in [0.1, 0.15) is 5.78 Å². The van der Waals surface area contributed by atoms with Gasteiger partial charge in [0.2, 0.25) is 0 Å². The number of hydrogen-bond acceptors (Lipinski definition) is 5. The molecule has 0 N–H and O–H groups in total. The van der Waals surface area contributed by atoms with Crippen molar-refractivity contribution in [3.63, 3.8) is 0 Å². The number of rotatable bonds is 4. The van der Waals surface area contributed by atoms with Crippen LogP contribution >= 0.6 is 0 Å². The standard InChI is InChI=1S/C16H28N2O3/c19-16-14(12-17-4-8-20-9-5-17)2-1-3-15(16)13-18-6-10-21-11-7-18/h14-15H,1-13H2/t14-,15-/m0/s1. The second-order valence-electron chi connectivity index (χ2n) is 6.55. The molecule has 0 spiro atoms. The SMILES string of the molecule is O=C1[C@H](CN2CCOCC2)CCC[C@H]1CN1CCOCC1. The molecular weight excluding hydrogens is 268 g/mol. The highest BCUT2D eigenvalue weighted by molar-refractivity contribution is 5.84. The molecule has 0 aromatic rings. The Balaban J connectivity index is 1.50. The fourth-order valence-electron chi connectivity index (χ4n) is 3.78. The van der Waals surface area contributed by atoms with Gasteiger partial charge in [0.15, 0.2) is 0 Å². The first-order chi connectivity index (χ1) is 10.3. The quantitative estimate of drug-likeness (QED) is 0.761. The van der Waals surface area contributed by atoms with Crippen LogP contribution in [0.1, 0.15) is 19.3 Å². The average molecular weight is 296 g/mol. The smallest absolute Gasteiger partial charge is 0.141 e. The van der Waals surface area contributed by atoms with Crippen molar-refractivity contribution in [3.8, 4) is 0 Å². The molecule has 0 bridgehead atoms. The third-order valence-electron chi connectivity index (χ3n) is 5.07. The van der Waals surface area contributed by atoms with E-state index in [4.69, 9.17) is 9.47 Å². The molecule has 0 amide bonds. The Morgan fingerprint density at radius 3 is 1.67 bits per heavy atom. The first kappa shape index (κ1) is 15.4. The van der Waals surface area contributed by atoms with Gasteiger partial charge in [-0.3, -0.25) is 14.6 Å². The fraction of sp³-hybridized carbons (Fsp3) is 0.938. The molecule has 5 nitrogen and oxygen atoms in total. The van der Waals surface area contributed by atoms with E-state index < -0.39 is 0 Å². The Labute approximate surface area is 127 Å². The molecule has 2 aliphatic heterocycles. The first-order valence-corrected chi connectivity index (χ1v) is 8.47. The molecule has 3 rings (SSSR count). The summed E-state index contributed by atoms with van der Waals surface area (Å²) in [7, 11) is 0. The number of carbonyl (C=O) groups is 1. The molecule has 5 heteroatoms. The minimum atomic E-state index is 0.253. The van der Waals surface area contributed by atoms with Crippen LogP contribution < -0.4 is 0 Å². The van der Waals surface area contributed by atoms with Crippen LogP contribution in [0.5, 0.6) is 0 Å². The third-order valence-corrected chi connectivity index (χ3v) is 5.07. The number of Topliss-reactive ketones (excluding diaryl/α,β-unsaturated/α-hetero) is 1. The van der Waals surface area contributed by atoms with Gasteiger partial charge >= 0.3 is 0 Å². The molecular formula is C16H28N2O3. The van der Waals surface area contributed by atoms with Gasteiger partial charge in [0.05, 0.1) is 26.4 Å². The second-order valence-corrected chi connectivity index (χ2v) is 6.55. The maximum absolute atomic E-state index is 12.8. The summed E-state index contributed by atoms with van der Waals surface area (Å²) >= 11 is 0. The second kappa shape index (κ2) is 7.68. The lowest BCUT2D eigenvalue weighted by Crippen LogP contribution is -2.46. The lowest BCUT2D eigenvalue weighted by atomic mass is 9.79. The zero-order chi connectivity index (χ0) is 14.5. The molecule has 2 heterocycles. The normalized spacial score (nSPS) is 33.2. The topological polar surface area (TPSA) is 42.0 Å². The first-order valence-electron chi connectivity index (χ1n) is 8.47. The predicted molar refractivity (Wildman–Crippen MR) is 80.4 cm³/mol. The van der Waals surface area contributed by atoms with Gasteiger partial charge in [-0.2, -0.15) is 0 Å². The van der Waals surface area contributed by atoms with Crippen molar-refractivity contribution in [3.05, 3.63) is 0 Å². The van der Waals surface area contributed by atoms with Crippen molar-refractivity contribution >= 4 is 5.78 Å². The van der Waals surface area contributed by atoms with Crippen LogP contribution in [0.2, 0.25) is 0 Å². The lowest BCUT2D eigenvalue weighted by molar-refractivity contribution is -0.131. The zero-order valence-electron chi connectivity index (χ0n) is 13.0. The average Bonchev–Trinajstić information content (AvgIpc) is 2.53. The Hall–Kier alpha value is -0.490. The summed E-state index contributed by atoms with van der Waals surface area (Å²) in [4.78, 5) is 17.6. The van der Waals surface area contributed by atoms with Crippen LogP contribution in [0.25, 0.3) is 0 Å². The maximum atomic E-state index is 12.8. The summed E-state index contributed by atoms with van der Waals surface area (Å²) in [5.74, 6) is 1.02. The summed E-state index contributed by atoms with van der Waals surface area (Å²) in [5.41, 5.74) is 0. The van der Waals surface area contributed by atoms with Crippen LogP contribution in [0.3, 0.4) is 0 Å². The molecule has 3 fully saturated rings. The van der Waals surface area contributed by atoms with Crippen molar-refractivity contribution in [2.45, 2.75) is 19.3 Å². The van der Waals surface area contributed by atoms with E-state index in [9.17, 15) is 4.79 Å². The van der Waals surface area contributed by atoms with Gasteiger partial charge < -0.3 is 9.47 Å². The summed E-state index contributed by atoms with van der Waals surface area (Å²) in [6.07, 6.45) is 3.36. The Morgan fingerprint density at radius 2 is 1.24 bits per heavy atom. The molecule has 2 saturated heterocycles. The van der Waals surface area contributed by atoms with Crippen molar-refractivity contribution < 1.29 is 14.3 Å². The van der Waals surface area contributed by atoms with E-state index in [-0.39, 0.29) is 11.8 Å². The number of ether oxygens (including phenoxy) is 2. The molecule has 0 radical (unpaired) electrons. The summed E-state index contributed by atoms with van der Waals surface area (Å²) < 4.78 is 10.8. The van der Waals surface area contributed by atoms with E-state index in [1.54, 1.807) is 0 Å². The molecule has 1 saturated carbocycles. The monoisotopic (exact) mass is 296 g/mol. The van der Waals surface area contributed by atoms with E-state index in [0.29, 0.717) is 5.78 Å². The van der Waals surface area contributed by atoms with Crippen molar-refractivity contribution in [1.29, 1.82) is 0 Å². The van der Waals surface area contributed by atoms with Crippen molar-refractivity contribution in [2.24, 2.45) is 11.8 Å². The summed E-state index contributed by atoms with van der Waals surface area (Å²) in [6.45, 7) is 9.10.